The highest BCUT2D eigenvalue weighted by Crippen LogP contribution is 2.33. The molecule has 2 N–H and O–H groups in total. The minimum atomic E-state index is -0.870. The average Bonchev–Trinajstić information content (AvgIpc) is 2.42. The summed E-state index contributed by atoms with van der Waals surface area (Å²) in [5.74, 6) is -0.870. The van der Waals surface area contributed by atoms with Crippen molar-refractivity contribution in [3.05, 3.63) is 35.4 Å². The third-order valence-electron chi connectivity index (χ3n) is 4.61. The molecule has 0 bridgehead atoms. The topological polar surface area (TPSA) is 52.6 Å². The molecule has 0 saturated carbocycles. The number of likely N-dealkylation sites (tertiary alicyclic amines) is 1. The molecule has 0 aromatic heterocycles. The largest absolute Gasteiger partial charge is 0.478 e. The predicted molar refractivity (Wildman–Crippen MR) is 84.5 cm³/mol. The number of carboxylic acids is 1. The average molecular weight is 290 g/mol. The van der Waals surface area contributed by atoms with Crippen LogP contribution in [-0.2, 0) is 6.54 Å². The Hall–Kier alpha value is -1.39. The van der Waals surface area contributed by atoms with E-state index >= 15 is 0 Å². The molecule has 4 heteroatoms. The van der Waals surface area contributed by atoms with Gasteiger partial charge in [0, 0.05) is 19.1 Å². The zero-order chi connectivity index (χ0) is 15.5. The molecule has 1 aromatic carbocycles. The maximum Gasteiger partial charge on any atom is 0.335 e. The second kappa shape index (κ2) is 6.58. The fraction of sp³-hybridized carbons (Fsp3) is 0.588. The summed E-state index contributed by atoms with van der Waals surface area (Å²) in [7, 11) is 2.19. The summed E-state index contributed by atoms with van der Waals surface area (Å²) in [4.78, 5) is 13.4. The van der Waals surface area contributed by atoms with E-state index in [4.69, 9.17) is 5.11 Å². The van der Waals surface area contributed by atoms with Gasteiger partial charge in [0.05, 0.1) is 5.56 Å². The molecule has 0 spiro atoms. The Morgan fingerprint density at radius 3 is 2.90 bits per heavy atom. The highest BCUT2D eigenvalue weighted by Gasteiger charge is 2.35. The van der Waals surface area contributed by atoms with Gasteiger partial charge in [0.15, 0.2) is 0 Å². The summed E-state index contributed by atoms with van der Waals surface area (Å²) >= 11 is 0. The van der Waals surface area contributed by atoms with Crippen molar-refractivity contribution in [2.45, 2.75) is 39.3 Å². The molecule has 1 unspecified atom stereocenters. The molecular weight excluding hydrogens is 264 g/mol. The molecule has 21 heavy (non-hydrogen) atoms. The molecule has 1 aliphatic heterocycles. The van der Waals surface area contributed by atoms with E-state index < -0.39 is 5.97 Å². The first-order valence-electron chi connectivity index (χ1n) is 7.63. The van der Waals surface area contributed by atoms with E-state index in [1.54, 1.807) is 18.2 Å². The number of nitrogens with one attached hydrogen (secondary N) is 1. The van der Waals surface area contributed by atoms with Crippen molar-refractivity contribution in [3.63, 3.8) is 0 Å². The maximum absolute atomic E-state index is 11.0. The minimum absolute atomic E-state index is 0.322. The minimum Gasteiger partial charge on any atom is -0.478 e. The first kappa shape index (κ1) is 16.0. The molecule has 2 rings (SSSR count). The van der Waals surface area contributed by atoms with Gasteiger partial charge in [-0.2, -0.15) is 0 Å². The van der Waals surface area contributed by atoms with Crippen LogP contribution in [0, 0.1) is 5.41 Å². The molecule has 1 aliphatic rings. The molecule has 0 radical (unpaired) electrons. The Bertz CT molecular complexity index is 499. The lowest BCUT2D eigenvalue weighted by Crippen LogP contribution is -2.52. The quantitative estimate of drug-likeness (QED) is 0.875. The number of hydrogen-bond acceptors (Lipinski definition) is 3. The molecule has 1 heterocycles. The number of nitrogens with zero attached hydrogens (tertiary/aromatic N) is 1. The first-order valence-corrected chi connectivity index (χ1v) is 7.63. The Balaban J connectivity index is 1.91. The third-order valence-corrected chi connectivity index (χ3v) is 4.61. The van der Waals surface area contributed by atoms with Crippen molar-refractivity contribution in [1.82, 2.24) is 10.2 Å². The van der Waals surface area contributed by atoms with Gasteiger partial charge in [-0.1, -0.05) is 26.0 Å². The highest BCUT2D eigenvalue weighted by atomic mass is 16.4. The molecule has 0 amide bonds. The van der Waals surface area contributed by atoms with Crippen LogP contribution in [0.5, 0.6) is 0 Å². The van der Waals surface area contributed by atoms with Crippen molar-refractivity contribution in [1.29, 1.82) is 0 Å². The van der Waals surface area contributed by atoms with E-state index in [0.717, 1.165) is 18.7 Å². The molecule has 1 saturated heterocycles. The summed E-state index contributed by atoms with van der Waals surface area (Å²) in [5.41, 5.74) is 1.69. The smallest absolute Gasteiger partial charge is 0.335 e. The number of carbonyl (C=O) groups is 1. The molecule has 1 atom stereocenters. The number of piperidine rings is 1. The summed E-state index contributed by atoms with van der Waals surface area (Å²) in [6, 6.07) is 7.66. The Morgan fingerprint density at radius 2 is 2.24 bits per heavy atom. The monoisotopic (exact) mass is 290 g/mol. The molecule has 1 aromatic rings. The lowest BCUT2D eigenvalue weighted by Gasteiger charge is -2.45. The Kier molecular flexibility index (Phi) is 5.01. The SMILES string of the molecule is CN1CCCC(C)(C)C1CNCc1cccc(C(=O)O)c1. The van der Waals surface area contributed by atoms with Gasteiger partial charge in [0.2, 0.25) is 0 Å². The fourth-order valence-corrected chi connectivity index (χ4v) is 3.30. The van der Waals surface area contributed by atoms with Crippen LogP contribution in [-0.4, -0.2) is 42.2 Å². The standard InChI is InChI=1S/C17H26N2O2/c1-17(2)8-5-9-19(3)15(17)12-18-11-13-6-4-7-14(10-13)16(20)21/h4,6-7,10,15,18H,5,8-9,11-12H2,1-3H3,(H,20,21). The van der Waals surface area contributed by atoms with Gasteiger partial charge in [-0.25, -0.2) is 4.79 Å². The lowest BCUT2D eigenvalue weighted by atomic mass is 9.76. The molecule has 4 nitrogen and oxygen atoms in total. The number of aromatic carboxylic acids is 1. The van der Waals surface area contributed by atoms with Gasteiger partial charge < -0.3 is 15.3 Å². The van der Waals surface area contributed by atoms with Crippen LogP contribution >= 0.6 is 0 Å². The van der Waals surface area contributed by atoms with Crippen LogP contribution in [0.3, 0.4) is 0 Å². The van der Waals surface area contributed by atoms with Crippen LogP contribution in [0.25, 0.3) is 0 Å². The normalized spacial score (nSPS) is 22.1. The second-order valence-corrected chi connectivity index (χ2v) is 6.72. The van der Waals surface area contributed by atoms with Gasteiger partial charge in [0.1, 0.15) is 0 Å². The predicted octanol–water partition coefficient (Wildman–Crippen LogP) is 2.59. The van der Waals surface area contributed by atoms with Crippen molar-refractivity contribution < 1.29 is 9.90 Å². The van der Waals surface area contributed by atoms with E-state index in [-0.39, 0.29) is 0 Å². The number of carboxylic acid groups (broad SMARTS) is 1. The summed E-state index contributed by atoms with van der Waals surface area (Å²) < 4.78 is 0. The molecular formula is C17H26N2O2. The first-order chi connectivity index (χ1) is 9.90. The van der Waals surface area contributed by atoms with Crippen LogP contribution in [0.2, 0.25) is 0 Å². The third kappa shape index (κ3) is 4.05. The van der Waals surface area contributed by atoms with E-state index in [0.29, 0.717) is 23.6 Å². The molecule has 116 valence electrons. The van der Waals surface area contributed by atoms with Crippen molar-refractivity contribution in [2.24, 2.45) is 5.41 Å². The second-order valence-electron chi connectivity index (χ2n) is 6.72. The molecule has 0 aliphatic carbocycles. The zero-order valence-corrected chi connectivity index (χ0v) is 13.2. The van der Waals surface area contributed by atoms with Gasteiger partial charge >= 0.3 is 5.97 Å². The van der Waals surface area contributed by atoms with E-state index in [2.05, 4.69) is 31.1 Å². The number of hydrogen-bond donors (Lipinski definition) is 2. The van der Waals surface area contributed by atoms with E-state index in [1.807, 2.05) is 6.07 Å². The van der Waals surface area contributed by atoms with Gasteiger partial charge in [-0.3, -0.25) is 0 Å². The maximum atomic E-state index is 11.0. The summed E-state index contributed by atoms with van der Waals surface area (Å²) in [6.07, 6.45) is 2.53. The summed E-state index contributed by atoms with van der Waals surface area (Å²) in [5, 5.41) is 12.5. The van der Waals surface area contributed by atoms with Crippen LogP contribution in [0.15, 0.2) is 24.3 Å². The lowest BCUT2D eigenvalue weighted by molar-refractivity contribution is 0.0580. The summed E-state index contributed by atoms with van der Waals surface area (Å²) in [6.45, 7) is 7.47. The Morgan fingerprint density at radius 1 is 1.48 bits per heavy atom. The van der Waals surface area contributed by atoms with Crippen molar-refractivity contribution in [2.75, 3.05) is 20.1 Å². The number of likely N-dealkylation sites (N-methyl/N-ethyl adjacent to an activating group) is 1. The van der Waals surface area contributed by atoms with Gasteiger partial charge in [-0.05, 0) is 49.5 Å². The van der Waals surface area contributed by atoms with Crippen LogP contribution in [0.4, 0.5) is 0 Å². The zero-order valence-electron chi connectivity index (χ0n) is 13.2. The van der Waals surface area contributed by atoms with E-state index in [9.17, 15) is 4.79 Å². The number of benzene rings is 1. The van der Waals surface area contributed by atoms with Crippen LogP contribution in [0.1, 0.15) is 42.6 Å². The van der Waals surface area contributed by atoms with Crippen molar-refractivity contribution >= 4 is 5.97 Å². The molecule has 1 fully saturated rings. The fourth-order valence-electron chi connectivity index (χ4n) is 3.30. The number of rotatable bonds is 5. The van der Waals surface area contributed by atoms with E-state index in [1.165, 1.54) is 12.8 Å². The van der Waals surface area contributed by atoms with Crippen molar-refractivity contribution in [3.8, 4) is 0 Å². The van der Waals surface area contributed by atoms with Gasteiger partial charge in [-0.15, -0.1) is 0 Å². The van der Waals surface area contributed by atoms with Crippen LogP contribution < -0.4 is 5.32 Å². The Labute approximate surface area is 127 Å². The van der Waals surface area contributed by atoms with Gasteiger partial charge in [0.25, 0.3) is 0 Å². The highest BCUT2D eigenvalue weighted by molar-refractivity contribution is 5.87.